The van der Waals surface area contributed by atoms with Crippen molar-refractivity contribution in [1.82, 2.24) is 4.90 Å². The van der Waals surface area contributed by atoms with Crippen molar-refractivity contribution < 1.29 is 13.6 Å². The standard InChI is InChI=1S/C17H16F2N2O/c18-15-6-5-14(9-16(15)19)20-17(22)11-21-8-7-12-3-1-2-4-13(12)10-21/h1-6,9H,7-8,10-11H2,(H,20,22). The maximum Gasteiger partial charge on any atom is 0.238 e. The number of hydrogen-bond acceptors (Lipinski definition) is 2. The van der Waals surface area contributed by atoms with Crippen molar-refractivity contribution in [2.24, 2.45) is 0 Å². The number of halogens is 2. The molecule has 1 aliphatic rings. The number of fused-ring (bicyclic) bond motifs is 1. The van der Waals surface area contributed by atoms with Crippen molar-refractivity contribution in [3.8, 4) is 0 Å². The smallest absolute Gasteiger partial charge is 0.238 e. The summed E-state index contributed by atoms with van der Waals surface area (Å²) in [5.74, 6) is -2.12. The van der Waals surface area contributed by atoms with Gasteiger partial charge in [-0.1, -0.05) is 24.3 Å². The van der Waals surface area contributed by atoms with Crippen molar-refractivity contribution in [3.05, 3.63) is 65.2 Å². The molecule has 0 aliphatic carbocycles. The lowest BCUT2D eigenvalue weighted by atomic mass is 10.00. The fraction of sp³-hybridized carbons (Fsp3) is 0.235. The minimum atomic E-state index is -0.968. The van der Waals surface area contributed by atoms with Gasteiger partial charge in [-0.15, -0.1) is 0 Å². The number of amides is 1. The van der Waals surface area contributed by atoms with Crippen LogP contribution in [0.1, 0.15) is 11.1 Å². The van der Waals surface area contributed by atoms with Crippen LogP contribution in [0, 0.1) is 11.6 Å². The Morgan fingerprint density at radius 2 is 1.86 bits per heavy atom. The minimum absolute atomic E-state index is 0.229. The fourth-order valence-corrected chi connectivity index (χ4v) is 2.67. The molecule has 0 aromatic heterocycles. The molecular formula is C17H16F2N2O. The van der Waals surface area contributed by atoms with Crippen molar-refractivity contribution in [2.45, 2.75) is 13.0 Å². The molecule has 0 fully saturated rings. The molecule has 0 spiro atoms. The van der Waals surface area contributed by atoms with Crippen molar-refractivity contribution in [2.75, 3.05) is 18.4 Å². The molecule has 0 radical (unpaired) electrons. The summed E-state index contributed by atoms with van der Waals surface area (Å²) in [5.41, 5.74) is 2.82. The molecule has 2 aromatic rings. The van der Waals surface area contributed by atoms with E-state index in [9.17, 15) is 13.6 Å². The van der Waals surface area contributed by atoms with E-state index < -0.39 is 11.6 Å². The minimum Gasteiger partial charge on any atom is -0.325 e. The van der Waals surface area contributed by atoms with Crippen LogP contribution in [0.5, 0.6) is 0 Å². The Balaban J connectivity index is 1.59. The molecule has 1 heterocycles. The molecular weight excluding hydrogens is 286 g/mol. The highest BCUT2D eigenvalue weighted by Gasteiger charge is 2.18. The Morgan fingerprint density at radius 3 is 2.64 bits per heavy atom. The van der Waals surface area contributed by atoms with Crippen LogP contribution in [-0.4, -0.2) is 23.9 Å². The van der Waals surface area contributed by atoms with Crippen LogP contribution in [0.4, 0.5) is 14.5 Å². The lowest BCUT2D eigenvalue weighted by molar-refractivity contribution is -0.117. The summed E-state index contributed by atoms with van der Waals surface area (Å²) < 4.78 is 26.0. The number of carbonyl (C=O) groups excluding carboxylic acids is 1. The van der Waals surface area contributed by atoms with Gasteiger partial charge in [0.25, 0.3) is 0 Å². The summed E-state index contributed by atoms with van der Waals surface area (Å²) in [4.78, 5) is 14.1. The first-order valence-corrected chi connectivity index (χ1v) is 7.16. The van der Waals surface area contributed by atoms with Gasteiger partial charge in [-0.3, -0.25) is 9.69 Å². The average molecular weight is 302 g/mol. The van der Waals surface area contributed by atoms with Crippen LogP contribution < -0.4 is 5.32 Å². The quantitative estimate of drug-likeness (QED) is 0.945. The van der Waals surface area contributed by atoms with E-state index in [1.807, 2.05) is 17.0 Å². The van der Waals surface area contributed by atoms with E-state index in [-0.39, 0.29) is 18.1 Å². The van der Waals surface area contributed by atoms with Gasteiger partial charge in [0.15, 0.2) is 11.6 Å². The van der Waals surface area contributed by atoms with Gasteiger partial charge in [0.2, 0.25) is 5.91 Å². The van der Waals surface area contributed by atoms with Gasteiger partial charge < -0.3 is 5.32 Å². The second-order valence-corrected chi connectivity index (χ2v) is 5.41. The van der Waals surface area contributed by atoms with Gasteiger partial charge in [0, 0.05) is 24.8 Å². The molecule has 3 nitrogen and oxygen atoms in total. The number of carbonyl (C=O) groups is 1. The molecule has 3 rings (SSSR count). The molecule has 114 valence electrons. The van der Waals surface area contributed by atoms with E-state index in [1.54, 1.807) is 0 Å². The van der Waals surface area contributed by atoms with E-state index >= 15 is 0 Å². The predicted molar refractivity (Wildman–Crippen MR) is 80.4 cm³/mol. The van der Waals surface area contributed by atoms with Gasteiger partial charge in [0.1, 0.15) is 0 Å². The second-order valence-electron chi connectivity index (χ2n) is 5.41. The normalized spacial score (nSPS) is 14.5. The highest BCUT2D eigenvalue weighted by Crippen LogP contribution is 2.18. The first-order valence-electron chi connectivity index (χ1n) is 7.16. The molecule has 1 N–H and O–H groups in total. The molecule has 0 atom stereocenters. The monoisotopic (exact) mass is 302 g/mol. The third kappa shape index (κ3) is 3.31. The van der Waals surface area contributed by atoms with Crippen LogP contribution in [0.15, 0.2) is 42.5 Å². The van der Waals surface area contributed by atoms with E-state index in [0.717, 1.165) is 31.6 Å². The highest BCUT2D eigenvalue weighted by atomic mass is 19.2. The van der Waals surface area contributed by atoms with E-state index in [4.69, 9.17) is 0 Å². The maximum absolute atomic E-state index is 13.1. The third-order valence-electron chi connectivity index (χ3n) is 3.78. The molecule has 0 saturated carbocycles. The topological polar surface area (TPSA) is 32.3 Å². The number of benzene rings is 2. The first-order chi connectivity index (χ1) is 10.6. The highest BCUT2D eigenvalue weighted by molar-refractivity contribution is 5.92. The van der Waals surface area contributed by atoms with Gasteiger partial charge in [-0.05, 0) is 29.7 Å². The molecule has 2 aromatic carbocycles. The van der Waals surface area contributed by atoms with Gasteiger partial charge in [-0.25, -0.2) is 8.78 Å². The van der Waals surface area contributed by atoms with E-state index in [0.29, 0.717) is 0 Å². The summed E-state index contributed by atoms with van der Waals surface area (Å²) in [6.07, 6.45) is 0.911. The van der Waals surface area contributed by atoms with Gasteiger partial charge in [0.05, 0.1) is 6.54 Å². The Morgan fingerprint density at radius 1 is 1.09 bits per heavy atom. The summed E-state index contributed by atoms with van der Waals surface area (Å²) in [6, 6.07) is 11.5. The van der Waals surface area contributed by atoms with E-state index in [1.165, 1.54) is 17.2 Å². The van der Waals surface area contributed by atoms with E-state index in [2.05, 4.69) is 17.4 Å². The SMILES string of the molecule is O=C(CN1CCc2ccccc2C1)Nc1ccc(F)c(F)c1. The molecule has 1 aliphatic heterocycles. The maximum atomic E-state index is 13.1. The zero-order valence-corrected chi connectivity index (χ0v) is 12.0. The number of nitrogens with zero attached hydrogens (tertiary/aromatic N) is 1. The number of anilines is 1. The summed E-state index contributed by atoms with van der Waals surface area (Å²) in [5, 5.41) is 2.59. The Labute approximate surface area is 127 Å². The summed E-state index contributed by atoms with van der Waals surface area (Å²) >= 11 is 0. The van der Waals surface area contributed by atoms with Crippen LogP contribution >= 0.6 is 0 Å². The number of nitrogens with one attached hydrogen (secondary N) is 1. The number of hydrogen-bond donors (Lipinski definition) is 1. The lowest BCUT2D eigenvalue weighted by Gasteiger charge is -2.28. The van der Waals surface area contributed by atoms with Crippen molar-refractivity contribution in [1.29, 1.82) is 0 Å². The molecule has 0 saturated heterocycles. The third-order valence-corrected chi connectivity index (χ3v) is 3.78. The molecule has 5 heteroatoms. The fourth-order valence-electron chi connectivity index (χ4n) is 2.67. The molecule has 1 amide bonds. The lowest BCUT2D eigenvalue weighted by Crippen LogP contribution is -2.37. The molecule has 0 unspecified atom stereocenters. The zero-order valence-electron chi connectivity index (χ0n) is 12.0. The molecule has 22 heavy (non-hydrogen) atoms. The van der Waals surface area contributed by atoms with Gasteiger partial charge >= 0.3 is 0 Å². The van der Waals surface area contributed by atoms with Crippen molar-refractivity contribution in [3.63, 3.8) is 0 Å². The first kappa shape index (κ1) is 14.7. The largest absolute Gasteiger partial charge is 0.325 e. The number of rotatable bonds is 3. The average Bonchev–Trinajstić information content (AvgIpc) is 2.51. The summed E-state index contributed by atoms with van der Waals surface area (Å²) in [6.45, 7) is 1.76. The van der Waals surface area contributed by atoms with Crippen molar-refractivity contribution >= 4 is 11.6 Å². The van der Waals surface area contributed by atoms with Gasteiger partial charge in [-0.2, -0.15) is 0 Å². The predicted octanol–water partition coefficient (Wildman–Crippen LogP) is 2.96. The van der Waals surface area contributed by atoms with Crippen LogP contribution in [0.3, 0.4) is 0 Å². The Hall–Kier alpha value is -2.27. The Kier molecular flexibility index (Phi) is 4.15. The van der Waals surface area contributed by atoms with Crippen LogP contribution in [0.2, 0.25) is 0 Å². The van der Waals surface area contributed by atoms with Crippen LogP contribution in [-0.2, 0) is 17.8 Å². The molecule has 0 bridgehead atoms. The van der Waals surface area contributed by atoms with Crippen LogP contribution in [0.25, 0.3) is 0 Å². The zero-order chi connectivity index (χ0) is 15.5. The Bertz CT molecular complexity index is 703. The summed E-state index contributed by atoms with van der Waals surface area (Å²) in [7, 11) is 0. The second kappa shape index (κ2) is 6.23.